The highest BCUT2D eigenvalue weighted by molar-refractivity contribution is 8.03. The van der Waals surface area contributed by atoms with Gasteiger partial charge in [-0.3, -0.25) is 4.98 Å². The van der Waals surface area contributed by atoms with E-state index in [9.17, 15) is 0 Å². The molecule has 1 aromatic heterocycles. The summed E-state index contributed by atoms with van der Waals surface area (Å²) in [6, 6.07) is 15.4. The Hall–Kier alpha value is -3.03. The summed E-state index contributed by atoms with van der Waals surface area (Å²) in [4.78, 5) is 9.78. The summed E-state index contributed by atoms with van der Waals surface area (Å²) in [7, 11) is 0. The summed E-state index contributed by atoms with van der Waals surface area (Å²) in [5, 5.41) is 4.06. The number of nitrogen functional groups attached to an aromatic ring is 1. The van der Waals surface area contributed by atoms with E-state index in [1.807, 2.05) is 48.5 Å². The van der Waals surface area contributed by atoms with Crippen molar-refractivity contribution in [2.45, 2.75) is 17.2 Å². The number of aromatic nitrogens is 2. The molecule has 7 heteroatoms. The molecule has 0 amide bonds. The maximum atomic E-state index is 5.99. The van der Waals surface area contributed by atoms with E-state index in [0.717, 1.165) is 40.0 Å². The molecule has 29 heavy (non-hydrogen) atoms. The maximum absolute atomic E-state index is 5.99. The molecule has 2 heterocycles. The van der Waals surface area contributed by atoms with Gasteiger partial charge in [0, 0.05) is 41.2 Å². The summed E-state index contributed by atoms with van der Waals surface area (Å²) < 4.78 is 11.5. The molecule has 6 nitrogen and oxygen atoms in total. The van der Waals surface area contributed by atoms with Crippen LogP contribution in [-0.4, -0.2) is 23.2 Å². The Bertz CT molecular complexity index is 988. The Balaban J connectivity index is 1.40. The molecule has 3 aromatic rings. The van der Waals surface area contributed by atoms with Gasteiger partial charge in [-0.05, 0) is 42.8 Å². The monoisotopic (exact) mass is 406 g/mol. The van der Waals surface area contributed by atoms with Gasteiger partial charge in [-0.2, -0.15) is 0 Å². The van der Waals surface area contributed by atoms with E-state index in [-0.39, 0.29) is 5.92 Å². The Morgan fingerprint density at radius 1 is 1.14 bits per heavy atom. The molecule has 1 saturated heterocycles. The van der Waals surface area contributed by atoms with Crippen LogP contribution in [0.3, 0.4) is 0 Å². The lowest BCUT2D eigenvalue weighted by molar-refractivity contribution is 0.193. The Morgan fingerprint density at radius 2 is 1.93 bits per heavy atom. The van der Waals surface area contributed by atoms with Crippen molar-refractivity contribution in [3.63, 3.8) is 0 Å². The molecule has 0 bridgehead atoms. The van der Waals surface area contributed by atoms with Crippen molar-refractivity contribution in [1.82, 2.24) is 9.97 Å². The van der Waals surface area contributed by atoms with E-state index in [1.165, 1.54) is 11.8 Å². The number of thioether (sulfide) groups is 1. The highest BCUT2D eigenvalue weighted by Gasteiger charge is 2.23. The van der Waals surface area contributed by atoms with Crippen LogP contribution in [0.25, 0.3) is 0 Å². The zero-order valence-electron chi connectivity index (χ0n) is 15.9. The van der Waals surface area contributed by atoms with Crippen molar-refractivity contribution >= 4 is 23.1 Å². The summed E-state index contributed by atoms with van der Waals surface area (Å²) in [6.45, 7) is 5.47. The molecule has 0 unspecified atom stereocenters. The minimum atomic E-state index is 0.227. The molecule has 3 N–H and O–H groups in total. The van der Waals surface area contributed by atoms with Gasteiger partial charge in [0.05, 0.1) is 11.6 Å². The molecular weight excluding hydrogens is 384 g/mol. The van der Waals surface area contributed by atoms with Crippen LogP contribution in [0.1, 0.15) is 18.0 Å². The second-order valence-corrected chi connectivity index (χ2v) is 7.76. The first-order chi connectivity index (χ1) is 14.2. The van der Waals surface area contributed by atoms with Crippen molar-refractivity contribution in [2.75, 3.05) is 24.3 Å². The molecule has 0 radical (unpaired) electrons. The number of rotatable bonds is 7. The predicted octanol–water partition coefficient (Wildman–Crippen LogP) is 5.03. The van der Waals surface area contributed by atoms with Crippen molar-refractivity contribution in [1.29, 1.82) is 0 Å². The van der Waals surface area contributed by atoms with Gasteiger partial charge in [0.2, 0.25) is 5.88 Å². The molecule has 1 aliphatic heterocycles. The van der Waals surface area contributed by atoms with Crippen LogP contribution in [0.5, 0.6) is 11.6 Å². The van der Waals surface area contributed by atoms with E-state index in [2.05, 4.69) is 21.9 Å². The fraction of sp³-hybridized carbons (Fsp3) is 0.182. The quantitative estimate of drug-likeness (QED) is 0.420. The van der Waals surface area contributed by atoms with Gasteiger partial charge in [-0.1, -0.05) is 30.5 Å². The van der Waals surface area contributed by atoms with E-state index >= 15 is 0 Å². The SMILES string of the molecule is C=C(Nc1ccc(Oc2nccnc2[C@@H]2CCOC2)cc1)Sc1ccccc1N. The van der Waals surface area contributed by atoms with Crippen LogP contribution in [-0.2, 0) is 4.74 Å². The predicted molar refractivity (Wildman–Crippen MR) is 116 cm³/mol. The normalized spacial score (nSPS) is 15.8. The minimum Gasteiger partial charge on any atom is -0.437 e. The highest BCUT2D eigenvalue weighted by Crippen LogP contribution is 2.33. The van der Waals surface area contributed by atoms with Gasteiger partial charge in [-0.25, -0.2) is 4.98 Å². The number of nitrogens with two attached hydrogens (primary N) is 1. The van der Waals surface area contributed by atoms with Gasteiger partial charge in [0.15, 0.2) is 0 Å². The molecule has 0 saturated carbocycles. The average Bonchev–Trinajstić information content (AvgIpc) is 3.26. The van der Waals surface area contributed by atoms with Gasteiger partial charge in [-0.15, -0.1) is 0 Å². The number of ether oxygens (including phenoxy) is 2. The molecule has 1 fully saturated rings. The lowest BCUT2D eigenvalue weighted by atomic mass is 10.1. The number of hydrogen-bond acceptors (Lipinski definition) is 7. The number of hydrogen-bond donors (Lipinski definition) is 2. The van der Waals surface area contributed by atoms with E-state index < -0.39 is 0 Å². The smallest absolute Gasteiger partial charge is 0.241 e. The number of benzene rings is 2. The molecule has 1 atom stereocenters. The van der Waals surface area contributed by atoms with E-state index in [0.29, 0.717) is 18.2 Å². The molecule has 4 rings (SSSR count). The van der Waals surface area contributed by atoms with Crippen LogP contribution in [0.15, 0.2) is 77.4 Å². The summed E-state index contributed by atoms with van der Waals surface area (Å²) in [6.07, 6.45) is 4.26. The number of nitrogens with one attached hydrogen (secondary N) is 1. The lowest BCUT2D eigenvalue weighted by Crippen LogP contribution is -2.04. The van der Waals surface area contributed by atoms with Crippen molar-refractivity contribution < 1.29 is 9.47 Å². The topological polar surface area (TPSA) is 82.3 Å². The zero-order valence-corrected chi connectivity index (χ0v) is 16.7. The molecule has 148 valence electrons. The lowest BCUT2D eigenvalue weighted by Gasteiger charge is -2.13. The van der Waals surface area contributed by atoms with Crippen LogP contribution >= 0.6 is 11.8 Å². The zero-order chi connectivity index (χ0) is 20.1. The third-order valence-electron chi connectivity index (χ3n) is 4.51. The van der Waals surface area contributed by atoms with Crippen LogP contribution in [0.2, 0.25) is 0 Å². The van der Waals surface area contributed by atoms with Crippen LogP contribution < -0.4 is 15.8 Å². The third-order valence-corrected chi connectivity index (χ3v) is 5.45. The molecule has 0 spiro atoms. The summed E-state index contributed by atoms with van der Waals surface area (Å²) in [5.41, 5.74) is 8.48. The largest absolute Gasteiger partial charge is 0.437 e. The Labute approximate surface area is 174 Å². The van der Waals surface area contributed by atoms with Crippen molar-refractivity contribution in [3.8, 4) is 11.6 Å². The van der Waals surface area contributed by atoms with Gasteiger partial charge in [0.1, 0.15) is 11.4 Å². The summed E-state index contributed by atoms with van der Waals surface area (Å²) >= 11 is 1.50. The molecule has 2 aromatic carbocycles. The maximum Gasteiger partial charge on any atom is 0.241 e. The van der Waals surface area contributed by atoms with E-state index in [4.69, 9.17) is 15.2 Å². The number of anilines is 2. The first kappa shape index (κ1) is 19.3. The average molecular weight is 407 g/mol. The van der Waals surface area contributed by atoms with Gasteiger partial charge < -0.3 is 20.5 Å². The van der Waals surface area contributed by atoms with Crippen molar-refractivity contribution in [3.05, 3.63) is 78.2 Å². The van der Waals surface area contributed by atoms with Gasteiger partial charge >= 0.3 is 0 Å². The second-order valence-electron chi connectivity index (χ2n) is 6.62. The summed E-state index contributed by atoms with van der Waals surface area (Å²) in [5.74, 6) is 1.45. The standard InChI is InChI=1S/C22H22N4O2S/c1-15(29-20-5-3-2-4-19(20)23)26-17-6-8-18(9-7-17)28-22-21(24-11-12-25-22)16-10-13-27-14-16/h2-9,11-12,16,26H,1,10,13-14,23H2/t16-/m1/s1. The fourth-order valence-corrected chi connectivity index (χ4v) is 3.82. The number of para-hydroxylation sites is 1. The molecule has 1 aliphatic rings. The van der Waals surface area contributed by atoms with Crippen molar-refractivity contribution in [2.24, 2.45) is 0 Å². The number of nitrogens with zero attached hydrogens (tertiary/aromatic N) is 2. The second kappa shape index (κ2) is 8.98. The third kappa shape index (κ3) is 4.88. The fourth-order valence-electron chi connectivity index (χ4n) is 3.06. The first-order valence-corrected chi connectivity index (χ1v) is 10.2. The Kier molecular flexibility index (Phi) is 5.97. The molecule has 0 aliphatic carbocycles. The highest BCUT2D eigenvalue weighted by atomic mass is 32.2. The minimum absolute atomic E-state index is 0.227. The van der Waals surface area contributed by atoms with Gasteiger partial charge in [0.25, 0.3) is 0 Å². The first-order valence-electron chi connectivity index (χ1n) is 9.34. The molecular formula is C22H22N4O2S. The van der Waals surface area contributed by atoms with E-state index in [1.54, 1.807) is 12.4 Å². The van der Waals surface area contributed by atoms with Crippen LogP contribution in [0, 0.1) is 0 Å². The van der Waals surface area contributed by atoms with Crippen LogP contribution in [0.4, 0.5) is 11.4 Å². The Morgan fingerprint density at radius 3 is 2.69 bits per heavy atom.